The molecule has 6 rings (SSSR count). The quantitative estimate of drug-likeness (QED) is 0.375. The molecule has 0 saturated carbocycles. The van der Waals surface area contributed by atoms with E-state index in [0.717, 1.165) is 49.9 Å². The Labute approximate surface area is 260 Å². The maximum atomic E-state index is 15.5. The van der Waals surface area contributed by atoms with Crippen molar-refractivity contribution in [2.45, 2.75) is 77.6 Å². The molecule has 3 aliphatic heterocycles. The number of ether oxygens (including phenoxy) is 1. The van der Waals surface area contributed by atoms with Gasteiger partial charge < -0.3 is 9.64 Å². The molecule has 0 spiro atoms. The van der Waals surface area contributed by atoms with Gasteiger partial charge in [-0.05, 0) is 39.5 Å². The van der Waals surface area contributed by atoms with Crippen LogP contribution in [0.4, 0.5) is 9.18 Å². The Kier molecular flexibility index (Phi) is 7.99. The Morgan fingerprint density at radius 1 is 1.09 bits per heavy atom. The van der Waals surface area contributed by atoms with E-state index in [2.05, 4.69) is 17.1 Å². The SMILES string of the molecule is [Li][C](=O)C(c1ncn2c1CCC2)N1Cc2c(F)cc(-c3ccc(CC4CCN(C(=O)OC(C)(C)C)CC4)cc3)cc2C1=O. The predicted octanol–water partition coefficient (Wildman–Crippen LogP) is 5.22. The molecule has 1 saturated heterocycles. The van der Waals surface area contributed by atoms with Crippen LogP contribution in [0.25, 0.3) is 11.1 Å². The van der Waals surface area contributed by atoms with Crippen LogP contribution in [0.1, 0.15) is 78.9 Å². The second-order valence-electron chi connectivity index (χ2n) is 13.1. The van der Waals surface area contributed by atoms with Gasteiger partial charge in [-0.3, -0.25) is 0 Å². The number of carbonyl (C=O) groups excluding carboxylic acids is 3. The van der Waals surface area contributed by atoms with Gasteiger partial charge in [-0.25, -0.2) is 4.79 Å². The summed E-state index contributed by atoms with van der Waals surface area (Å²) in [7, 11) is 0. The van der Waals surface area contributed by atoms with Crippen LogP contribution in [0.3, 0.4) is 0 Å². The normalized spacial score (nSPS) is 17.7. The van der Waals surface area contributed by atoms with Crippen LogP contribution in [-0.4, -0.2) is 72.2 Å². The number of imidazole rings is 1. The van der Waals surface area contributed by atoms with Gasteiger partial charge in [-0.15, -0.1) is 0 Å². The molecule has 2 aromatic carbocycles. The van der Waals surface area contributed by atoms with Crippen LogP contribution in [0.5, 0.6) is 0 Å². The summed E-state index contributed by atoms with van der Waals surface area (Å²) < 4.78 is 22.8. The Morgan fingerprint density at radius 3 is 2.49 bits per heavy atom. The molecule has 1 fully saturated rings. The number of amides is 2. The van der Waals surface area contributed by atoms with Crippen molar-refractivity contribution >= 4 is 34.2 Å². The van der Waals surface area contributed by atoms with Gasteiger partial charge in [0.2, 0.25) is 0 Å². The van der Waals surface area contributed by atoms with E-state index in [1.807, 2.05) is 37.5 Å². The third-order valence-corrected chi connectivity index (χ3v) is 8.84. The number of likely N-dealkylation sites (tertiary alicyclic amines) is 1. The minimum absolute atomic E-state index is 0.0442. The number of aryl methyl sites for hydroxylation is 1. The number of benzene rings is 2. The average Bonchev–Trinajstić information content (AvgIpc) is 3.66. The van der Waals surface area contributed by atoms with Gasteiger partial charge in [0.05, 0.1) is 0 Å². The summed E-state index contributed by atoms with van der Waals surface area (Å²) in [6, 6.07) is 10.4. The number of hydrogen-bond acceptors (Lipinski definition) is 5. The molecule has 8 nitrogen and oxygen atoms in total. The van der Waals surface area contributed by atoms with E-state index < -0.39 is 17.5 Å². The first kappa shape index (κ1) is 29.6. The van der Waals surface area contributed by atoms with Gasteiger partial charge in [-0.2, -0.15) is 0 Å². The van der Waals surface area contributed by atoms with Gasteiger partial charge >= 0.3 is 189 Å². The third kappa shape index (κ3) is 6.03. The molecule has 0 bridgehead atoms. The summed E-state index contributed by atoms with van der Waals surface area (Å²) in [6.45, 7) is 7.90. The van der Waals surface area contributed by atoms with Crippen LogP contribution < -0.4 is 0 Å². The van der Waals surface area contributed by atoms with Crippen molar-refractivity contribution in [3.8, 4) is 11.1 Å². The zero-order valence-electron chi connectivity index (χ0n) is 25.4. The van der Waals surface area contributed by atoms with Gasteiger partial charge in [-0.1, -0.05) is 0 Å². The molecule has 1 aromatic heterocycles. The molecule has 0 aliphatic carbocycles. The predicted molar refractivity (Wildman–Crippen MR) is 160 cm³/mol. The second-order valence-corrected chi connectivity index (χ2v) is 13.1. The number of halogens is 1. The zero-order chi connectivity index (χ0) is 30.5. The first-order valence-corrected chi connectivity index (χ1v) is 15.2. The topological polar surface area (TPSA) is 84.7 Å². The molecule has 0 radical (unpaired) electrons. The molecule has 3 aromatic rings. The molecular formula is C33H36FLiN4O4. The van der Waals surface area contributed by atoms with Crippen LogP contribution >= 0.6 is 0 Å². The van der Waals surface area contributed by atoms with E-state index in [-0.39, 0.29) is 23.0 Å². The van der Waals surface area contributed by atoms with Crippen molar-refractivity contribution in [2.24, 2.45) is 5.92 Å². The Hall–Kier alpha value is -3.41. The summed E-state index contributed by atoms with van der Waals surface area (Å²) in [6.07, 6.45) is 6.01. The molecule has 220 valence electrons. The fourth-order valence-corrected chi connectivity index (χ4v) is 6.67. The maximum absolute atomic E-state index is 15.5. The molecule has 1 atom stereocenters. The van der Waals surface area contributed by atoms with Crippen molar-refractivity contribution < 1.29 is 23.5 Å². The van der Waals surface area contributed by atoms with Crippen molar-refractivity contribution in [1.82, 2.24) is 19.4 Å². The van der Waals surface area contributed by atoms with Gasteiger partial charge in [0.15, 0.2) is 0 Å². The standard InChI is InChI=1S/C33H36FN4O4.Li/c1-33(2,3)42-32(41)36-13-10-22(11-14-36)15-21-6-8-23(9-7-21)24-16-25-26(27(34)17-24)18-38(31(25)40)29(19-39)30-28-5-4-12-37(28)20-35-30;/h6-9,16-17,20,22,29H,4-5,10-15,18H2,1-3H3;. The van der Waals surface area contributed by atoms with Crippen molar-refractivity contribution in [1.29, 1.82) is 0 Å². The Morgan fingerprint density at radius 2 is 1.81 bits per heavy atom. The number of rotatable bonds is 6. The average molecular weight is 579 g/mol. The van der Waals surface area contributed by atoms with Gasteiger partial charge in [0.25, 0.3) is 0 Å². The summed E-state index contributed by atoms with van der Waals surface area (Å²) in [5.41, 5.74) is 4.36. The number of aromatic nitrogens is 2. The van der Waals surface area contributed by atoms with E-state index >= 15 is 4.39 Å². The molecular weight excluding hydrogens is 542 g/mol. The summed E-state index contributed by atoms with van der Waals surface area (Å²) >= 11 is 1.47. The number of fused-ring (bicyclic) bond motifs is 2. The first-order valence-electron chi connectivity index (χ1n) is 15.2. The molecule has 3 aliphatic rings. The van der Waals surface area contributed by atoms with Crippen LogP contribution in [-0.2, 0) is 35.5 Å². The fourth-order valence-electron chi connectivity index (χ4n) is 6.67. The van der Waals surface area contributed by atoms with E-state index in [0.29, 0.717) is 41.4 Å². The van der Waals surface area contributed by atoms with Crippen molar-refractivity contribution in [3.63, 3.8) is 0 Å². The fraction of sp³-hybridized carbons (Fsp3) is 0.455. The first-order chi connectivity index (χ1) is 20.5. The van der Waals surface area contributed by atoms with Crippen LogP contribution in [0.2, 0.25) is 0 Å². The summed E-state index contributed by atoms with van der Waals surface area (Å²) in [5.74, 6) is -0.317. The number of nitrogens with zero attached hydrogens (tertiary/aromatic N) is 4. The van der Waals surface area contributed by atoms with Crippen molar-refractivity contribution in [3.05, 3.63) is 76.6 Å². The monoisotopic (exact) mass is 578 g/mol. The third-order valence-electron chi connectivity index (χ3n) is 8.84. The van der Waals surface area contributed by atoms with Gasteiger partial charge in [0, 0.05) is 13.1 Å². The zero-order valence-corrected chi connectivity index (χ0v) is 25.4. The van der Waals surface area contributed by atoms with E-state index in [4.69, 9.17) is 4.74 Å². The minimum atomic E-state index is -0.826. The summed E-state index contributed by atoms with van der Waals surface area (Å²) in [5, 5.41) is 0. The Bertz CT molecular complexity index is 1570. The molecule has 1 unspecified atom stereocenters. The van der Waals surface area contributed by atoms with E-state index in [1.165, 1.54) is 34.2 Å². The second kappa shape index (κ2) is 11.6. The Balaban J connectivity index is 1.14. The van der Waals surface area contributed by atoms with E-state index in [1.54, 1.807) is 17.3 Å². The van der Waals surface area contributed by atoms with Gasteiger partial charge in [0.1, 0.15) is 5.60 Å². The number of hydrogen-bond donors (Lipinski definition) is 0. The molecule has 4 heterocycles. The van der Waals surface area contributed by atoms with E-state index in [9.17, 15) is 14.4 Å². The molecule has 0 N–H and O–H groups in total. The number of carbonyl (C=O) groups is 3. The molecule has 43 heavy (non-hydrogen) atoms. The van der Waals surface area contributed by atoms with Crippen LogP contribution in [0, 0.1) is 11.7 Å². The number of piperidine rings is 1. The van der Waals surface area contributed by atoms with Crippen molar-refractivity contribution in [2.75, 3.05) is 13.1 Å². The molecule has 2 amide bonds. The summed E-state index contributed by atoms with van der Waals surface area (Å²) in [4.78, 5) is 46.6. The molecule has 10 heteroatoms. The van der Waals surface area contributed by atoms with Crippen LogP contribution in [0.15, 0.2) is 42.7 Å².